The van der Waals surface area contributed by atoms with Crippen molar-refractivity contribution in [3.8, 4) is 12.1 Å². The Morgan fingerprint density at radius 2 is 2.00 bits per heavy atom. The fourth-order valence-corrected chi connectivity index (χ4v) is 3.38. The molecule has 0 fully saturated rings. The van der Waals surface area contributed by atoms with E-state index in [1.54, 1.807) is 27.7 Å². The normalized spacial score (nSPS) is 25.6. The van der Waals surface area contributed by atoms with E-state index >= 15 is 0 Å². The standard InChI is InChI=1S/C15H20ClN5O2/c1-5-14(6-2)13(23-21-9(3)4)20-11(16)10(7-17)15(14,8-18)12(19)22/h13,20H,5-6H2,1-4H3,(H2,19,22)/t13-,15-/m0/s1. The summed E-state index contributed by atoms with van der Waals surface area (Å²) in [6.07, 6.45) is -0.166. The molecular weight excluding hydrogens is 318 g/mol. The first-order chi connectivity index (χ1) is 10.8. The highest BCUT2D eigenvalue weighted by Gasteiger charge is 2.65. The predicted molar refractivity (Wildman–Crippen MR) is 85.5 cm³/mol. The number of nitrogens with two attached hydrogens (primary N) is 1. The fourth-order valence-electron chi connectivity index (χ4n) is 3.10. The zero-order valence-electron chi connectivity index (χ0n) is 13.6. The maximum Gasteiger partial charge on any atom is 0.244 e. The van der Waals surface area contributed by atoms with Gasteiger partial charge in [-0.15, -0.1) is 0 Å². The van der Waals surface area contributed by atoms with Gasteiger partial charge < -0.3 is 15.9 Å². The number of hydrogen-bond acceptors (Lipinski definition) is 6. The molecule has 0 aliphatic carbocycles. The number of rotatable bonds is 5. The van der Waals surface area contributed by atoms with Crippen molar-refractivity contribution >= 4 is 23.2 Å². The monoisotopic (exact) mass is 337 g/mol. The predicted octanol–water partition coefficient (Wildman–Crippen LogP) is 2.10. The van der Waals surface area contributed by atoms with Gasteiger partial charge in [-0.3, -0.25) is 4.79 Å². The number of nitrogens with one attached hydrogen (secondary N) is 1. The highest BCUT2D eigenvalue weighted by atomic mass is 35.5. The highest BCUT2D eigenvalue weighted by molar-refractivity contribution is 6.30. The lowest BCUT2D eigenvalue weighted by Gasteiger charge is -2.50. The van der Waals surface area contributed by atoms with Gasteiger partial charge >= 0.3 is 0 Å². The number of carbonyl (C=O) groups excluding carboxylic acids is 1. The molecule has 0 radical (unpaired) electrons. The maximum absolute atomic E-state index is 12.3. The maximum atomic E-state index is 12.3. The van der Waals surface area contributed by atoms with Crippen LogP contribution in [0.4, 0.5) is 0 Å². The van der Waals surface area contributed by atoms with Crippen LogP contribution < -0.4 is 11.1 Å². The van der Waals surface area contributed by atoms with Crippen LogP contribution in [0.25, 0.3) is 0 Å². The third kappa shape index (κ3) is 2.62. The van der Waals surface area contributed by atoms with Gasteiger partial charge in [-0.25, -0.2) is 0 Å². The van der Waals surface area contributed by atoms with E-state index in [0.717, 1.165) is 0 Å². The Morgan fingerprint density at radius 1 is 1.43 bits per heavy atom. The van der Waals surface area contributed by atoms with Crippen LogP contribution in [0.5, 0.6) is 0 Å². The van der Waals surface area contributed by atoms with Gasteiger partial charge in [0.05, 0.1) is 22.8 Å². The zero-order chi connectivity index (χ0) is 17.8. The smallest absolute Gasteiger partial charge is 0.244 e. The van der Waals surface area contributed by atoms with Crippen molar-refractivity contribution in [2.45, 2.75) is 46.8 Å². The molecule has 124 valence electrons. The largest absolute Gasteiger partial charge is 0.370 e. The highest BCUT2D eigenvalue weighted by Crippen LogP contribution is 2.55. The first kappa shape index (κ1) is 18.8. The van der Waals surface area contributed by atoms with Crippen LogP contribution in [0.3, 0.4) is 0 Å². The molecule has 7 nitrogen and oxygen atoms in total. The van der Waals surface area contributed by atoms with E-state index < -0.39 is 23.0 Å². The number of hydrogen-bond donors (Lipinski definition) is 2. The Bertz CT molecular complexity index is 635. The van der Waals surface area contributed by atoms with Gasteiger partial charge in [0.25, 0.3) is 0 Å². The van der Waals surface area contributed by atoms with E-state index in [0.29, 0.717) is 18.6 Å². The first-order valence-electron chi connectivity index (χ1n) is 7.22. The molecule has 2 atom stereocenters. The molecule has 0 aromatic rings. The van der Waals surface area contributed by atoms with Crippen molar-refractivity contribution in [1.82, 2.24) is 5.32 Å². The van der Waals surface area contributed by atoms with Crippen LogP contribution in [0.1, 0.15) is 40.5 Å². The molecule has 8 heteroatoms. The molecule has 1 aliphatic rings. The summed E-state index contributed by atoms with van der Waals surface area (Å²) in [7, 11) is 0. The Morgan fingerprint density at radius 3 is 2.35 bits per heavy atom. The summed E-state index contributed by atoms with van der Waals surface area (Å²) in [5.74, 6) is -0.925. The summed E-state index contributed by atoms with van der Waals surface area (Å²) in [5, 5.41) is 25.9. The van der Waals surface area contributed by atoms with Crippen molar-refractivity contribution < 1.29 is 9.63 Å². The second-order valence-electron chi connectivity index (χ2n) is 5.56. The topological polar surface area (TPSA) is 124 Å². The van der Waals surface area contributed by atoms with Crippen molar-refractivity contribution in [2.75, 3.05) is 0 Å². The molecular formula is C15H20ClN5O2. The average molecular weight is 338 g/mol. The van der Waals surface area contributed by atoms with Crippen molar-refractivity contribution in [3.63, 3.8) is 0 Å². The van der Waals surface area contributed by atoms with Gasteiger partial charge in [-0.1, -0.05) is 30.6 Å². The Labute approximate surface area is 140 Å². The lowest BCUT2D eigenvalue weighted by molar-refractivity contribution is -0.145. The van der Waals surface area contributed by atoms with Gasteiger partial charge in [0.15, 0.2) is 5.41 Å². The molecule has 0 aromatic carbocycles. The minimum atomic E-state index is -1.89. The summed E-state index contributed by atoms with van der Waals surface area (Å²) >= 11 is 6.10. The number of nitrogens with zero attached hydrogens (tertiary/aromatic N) is 3. The Kier molecular flexibility index (Phi) is 5.63. The van der Waals surface area contributed by atoms with E-state index in [-0.39, 0.29) is 10.7 Å². The molecule has 0 bridgehead atoms. The number of oxime groups is 1. The van der Waals surface area contributed by atoms with Crippen LogP contribution in [-0.2, 0) is 9.63 Å². The summed E-state index contributed by atoms with van der Waals surface area (Å²) < 4.78 is 0. The molecule has 23 heavy (non-hydrogen) atoms. The van der Waals surface area contributed by atoms with Crippen LogP contribution in [0.15, 0.2) is 15.9 Å². The molecule has 1 amide bonds. The van der Waals surface area contributed by atoms with Gasteiger partial charge in [-0.2, -0.15) is 10.5 Å². The quantitative estimate of drug-likeness (QED) is 0.451. The molecule has 1 aliphatic heterocycles. The molecule has 0 saturated heterocycles. The lowest BCUT2D eigenvalue weighted by Crippen LogP contribution is -2.63. The van der Waals surface area contributed by atoms with E-state index in [2.05, 4.69) is 10.5 Å². The zero-order valence-corrected chi connectivity index (χ0v) is 14.4. The minimum absolute atomic E-state index is 0.126. The summed E-state index contributed by atoms with van der Waals surface area (Å²) in [6.45, 7) is 7.08. The van der Waals surface area contributed by atoms with E-state index in [9.17, 15) is 15.3 Å². The van der Waals surface area contributed by atoms with E-state index in [4.69, 9.17) is 22.2 Å². The average Bonchev–Trinajstić information content (AvgIpc) is 2.51. The fraction of sp³-hybridized carbons (Fsp3) is 0.600. The van der Waals surface area contributed by atoms with Gasteiger partial charge in [0.2, 0.25) is 12.1 Å². The number of amides is 1. The summed E-state index contributed by atoms with van der Waals surface area (Å²) in [6, 6.07) is 3.81. The van der Waals surface area contributed by atoms with Crippen LogP contribution in [0.2, 0.25) is 0 Å². The molecule has 3 N–H and O–H groups in total. The Hall–Kier alpha value is -2.25. The number of halogens is 1. The van der Waals surface area contributed by atoms with E-state index in [1.807, 2.05) is 12.1 Å². The summed E-state index contributed by atoms with van der Waals surface area (Å²) in [4.78, 5) is 17.8. The van der Waals surface area contributed by atoms with Crippen molar-refractivity contribution in [1.29, 1.82) is 10.5 Å². The van der Waals surface area contributed by atoms with Crippen LogP contribution in [0, 0.1) is 33.5 Å². The van der Waals surface area contributed by atoms with Crippen LogP contribution in [-0.4, -0.2) is 17.8 Å². The molecule has 0 aromatic heterocycles. The van der Waals surface area contributed by atoms with E-state index in [1.165, 1.54) is 0 Å². The molecule has 0 spiro atoms. The van der Waals surface area contributed by atoms with Gasteiger partial charge in [0, 0.05) is 0 Å². The number of nitriles is 2. The molecule has 0 unspecified atom stereocenters. The minimum Gasteiger partial charge on any atom is -0.370 e. The first-order valence-corrected chi connectivity index (χ1v) is 7.60. The molecule has 1 heterocycles. The SMILES string of the molecule is CCC1(CC)[C@H](ON=C(C)C)NC(Cl)=C(C#N)[C@@]1(C#N)C(N)=O. The third-order valence-corrected chi connectivity index (χ3v) is 4.65. The summed E-state index contributed by atoms with van der Waals surface area (Å²) in [5.41, 5.74) is 3.05. The van der Waals surface area contributed by atoms with Gasteiger partial charge in [-0.05, 0) is 26.7 Å². The van der Waals surface area contributed by atoms with Crippen LogP contribution >= 0.6 is 11.6 Å². The third-order valence-electron chi connectivity index (χ3n) is 4.35. The van der Waals surface area contributed by atoms with Gasteiger partial charge in [0.1, 0.15) is 11.2 Å². The second-order valence-corrected chi connectivity index (χ2v) is 5.94. The number of primary amides is 1. The molecule has 1 rings (SSSR count). The number of carbonyl (C=O) groups is 1. The van der Waals surface area contributed by atoms with Crippen molar-refractivity contribution in [2.24, 2.45) is 21.7 Å². The second kappa shape index (κ2) is 6.89. The van der Waals surface area contributed by atoms with Crippen molar-refractivity contribution in [3.05, 3.63) is 10.7 Å². The molecule has 0 saturated carbocycles. The lowest BCUT2D eigenvalue weighted by atomic mass is 9.55. The Balaban J connectivity index is 3.74.